The smallest absolute Gasteiger partial charge is 0.0320 e. The van der Waals surface area contributed by atoms with Gasteiger partial charge in [0.1, 0.15) is 0 Å². The standard InChI is InChI=1S/C10H18/c1-8(2)10-6-4-9(3)5-7-10/h8,10H,3-7H2,1-2H3. The molecule has 0 N–H and O–H groups in total. The van der Waals surface area contributed by atoms with Crippen molar-refractivity contribution in [2.45, 2.75) is 39.5 Å². The molecular weight excluding hydrogens is 120 g/mol. The summed E-state index contributed by atoms with van der Waals surface area (Å²) in [5.41, 5.74) is 1.47. The Morgan fingerprint density at radius 1 is 1.30 bits per heavy atom. The number of rotatable bonds is 1. The van der Waals surface area contributed by atoms with E-state index < -0.39 is 0 Å². The first-order chi connectivity index (χ1) is 4.70. The third-order valence-corrected chi connectivity index (χ3v) is 2.68. The molecule has 1 fully saturated rings. The molecule has 0 saturated heterocycles. The van der Waals surface area contributed by atoms with Crippen LogP contribution in [0.5, 0.6) is 0 Å². The fourth-order valence-electron chi connectivity index (χ4n) is 1.72. The quantitative estimate of drug-likeness (QED) is 0.487. The van der Waals surface area contributed by atoms with Crippen molar-refractivity contribution in [3.63, 3.8) is 0 Å². The van der Waals surface area contributed by atoms with Crippen LogP contribution in [0.15, 0.2) is 12.2 Å². The highest BCUT2D eigenvalue weighted by molar-refractivity contribution is 4.98. The van der Waals surface area contributed by atoms with E-state index in [1.54, 1.807) is 0 Å². The molecule has 0 aliphatic heterocycles. The molecule has 0 heterocycles. The van der Waals surface area contributed by atoms with Crippen molar-refractivity contribution in [3.8, 4) is 0 Å². The molecule has 1 aliphatic carbocycles. The van der Waals surface area contributed by atoms with E-state index in [0.29, 0.717) is 0 Å². The van der Waals surface area contributed by atoms with E-state index in [1.165, 1.54) is 31.3 Å². The normalized spacial score (nSPS) is 22.1. The van der Waals surface area contributed by atoms with Crippen LogP contribution in [0.2, 0.25) is 0 Å². The summed E-state index contributed by atoms with van der Waals surface area (Å²) in [7, 11) is 0. The van der Waals surface area contributed by atoms with Gasteiger partial charge < -0.3 is 0 Å². The SMILES string of the molecule is C=C1CCC(C(C)C)CC1. The van der Waals surface area contributed by atoms with Crippen molar-refractivity contribution in [2.75, 3.05) is 0 Å². The summed E-state index contributed by atoms with van der Waals surface area (Å²) in [5.74, 6) is 1.86. The maximum Gasteiger partial charge on any atom is -0.0320 e. The maximum atomic E-state index is 4.01. The highest BCUT2D eigenvalue weighted by Gasteiger charge is 2.17. The lowest BCUT2D eigenvalue weighted by Gasteiger charge is -2.26. The molecule has 0 aromatic carbocycles. The Morgan fingerprint density at radius 3 is 2.20 bits per heavy atom. The Hall–Kier alpha value is -0.260. The van der Waals surface area contributed by atoms with E-state index in [1.807, 2.05) is 0 Å². The van der Waals surface area contributed by atoms with Gasteiger partial charge in [0, 0.05) is 0 Å². The molecule has 0 atom stereocenters. The van der Waals surface area contributed by atoms with Crippen molar-refractivity contribution >= 4 is 0 Å². The molecule has 0 aromatic rings. The second kappa shape index (κ2) is 3.23. The minimum Gasteiger partial charge on any atom is -0.0999 e. The largest absolute Gasteiger partial charge is 0.0999 e. The van der Waals surface area contributed by atoms with Gasteiger partial charge in [-0.15, -0.1) is 0 Å². The van der Waals surface area contributed by atoms with Crippen molar-refractivity contribution in [2.24, 2.45) is 11.8 Å². The summed E-state index contributed by atoms with van der Waals surface area (Å²) in [4.78, 5) is 0. The van der Waals surface area contributed by atoms with Gasteiger partial charge in [-0.05, 0) is 37.5 Å². The molecule has 0 heteroatoms. The first kappa shape index (κ1) is 7.84. The van der Waals surface area contributed by atoms with E-state index in [9.17, 15) is 0 Å². The number of allylic oxidation sites excluding steroid dienone is 1. The van der Waals surface area contributed by atoms with Gasteiger partial charge in [0.25, 0.3) is 0 Å². The van der Waals surface area contributed by atoms with E-state index in [-0.39, 0.29) is 0 Å². The summed E-state index contributed by atoms with van der Waals surface area (Å²) in [6, 6.07) is 0. The molecule has 0 spiro atoms. The maximum absolute atomic E-state index is 4.01. The van der Waals surface area contributed by atoms with Crippen LogP contribution in [-0.2, 0) is 0 Å². The Kier molecular flexibility index (Phi) is 2.53. The van der Waals surface area contributed by atoms with E-state index in [4.69, 9.17) is 0 Å². The van der Waals surface area contributed by atoms with Gasteiger partial charge in [-0.1, -0.05) is 26.0 Å². The molecule has 0 bridgehead atoms. The first-order valence-corrected chi connectivity index (χ1v) is 4.37. The van der Waals surface area contributed by atoms with Gasteiger partial charge in [0.15, 0.2) is 0 Å². The Balaban J connectivity index is 2.33. The van der Waals surface area contributed by atoms with Gasteiger partial charge in [-0.25, -0.2) is 0 Å². The number of hydrogen-bond donors (Lipinski definition) is 0. The highest BCUT2D eigenvalue weighted by atomic mass is 14.2. The first-order valence-electron chi connectivity index (χ1n) is 4.37. The van der Waals surface area contributed by atoms with Crippen LogP contribution in [0.4, 0.5) is 0 Å². The molecule has 0 amide bonds. The van der Waals surface area contributed by atoms with Crippen LogP contribution >= 0.6 is 0 Å². The zero-order valence-corrected chi connectivity index (χ0v) is 7.19. The van der Waals surface area contributed by atoms with Crippen molar-refractivity contribution in [1.82, 2.24) is 0 Å². The minimum atomic E-state index is 0.882. The van der Waals surface area contributed by atoms with Gasteiger partial charge in [-0.3, -0.25) is 0 Å². The predicted octanol–water partition coefficient (Wildman–Crippen LogP) is 3.39. The molecule has 1 saturated carbocycles. The fraction of sp³-hybridized carbons (Fsp3) is 0.800. The highest BCUT2D eigenvalue weighted by Crippen LogP contribution is 2.31. The topological polar surface area (TPSA) is 0 Å². The summed E-state index contributed by atoms with van der Waals surface area (Å²) in [5, 5.41) is 0. The van der Waals surface area contributed by atoms with Gasteiger partial charge in [0.05, 0.1) is 0 Å². The second-order valence-electron chi connectivity index (χ2n) is 3.83. The average molecular weight is 138 g/mol. The Labute approximate surface area is 64.3 Å². The monoisotopic (exact) mass is 138 g/mol. The molecule has 0 nitrogen and oxygen atoms in total. The van der Waals surface area contributed by atoms with Crippen LogP contribution < -0.4 is 0 Å². The third kappa shape index (κ3) is 1.86. The Morgan fingerprint density at radius 2 is 1.80 bits per heavy atom. The summed E-state index contributed by atoms with van der Waals surface area (Å²) >= 11 is 0. The van der Waals surface area contributed by atoms with E-state index in [2.05, 4.69) is 20.4 Å². The lowest BCUT2D eigenvalue weighted by molar-refractivity contribution is 0.311. The van der Waals surface area contributed by atoms with Gasteiger partial charge >= 0.3 is 0 Å². The van der Waals surface area contributed by atoms with Gasteiger partial charge in [0.2, 0.25) is 0 Å². The number of hydrogen-bond acceptors (Lipinski definition) is 0. The molecule has 10 heavy (non-hydrogen) atoms. The molecule has 0 radical (unpaired) electrons. The van der Waals surface area contributed by atoms with Crippen LogP contribution in [-0.4, -0.2) is 0 Å². The molecule has 0 unspecified atom stereocenters. The van der Waals surface area contributed by atoms with E-state index >= 15 is 0 Å². The second-order valence-corrected chi connectivity index (χ2v) is 3.83. The molecule has 1 aliphatic rings. The molecule has 58 valence electrons. The van der Waals surface area contributed by atoms with Crippen molar-refractivity contribution in [1.29, 1.82) is 0 Å². The third-order valence-electron chi connectivity index (χ3n) is 2.68. The van der Waals surface area contributed by atoms with Crippen LogP contribution in [0.25, 0.3) is 0 Å². The lowest BCUT2D eigenvalue weighted by atomic mass is 9.80. The summed E-state index contributed by atoms with van der Waals surface area (Å²) in [6.07, 6.45) is 5.33. The van der Waals surface area contributed by atoms with Crippen molar-refractivity contribution in [3.05, 3.63) is 12.2 Å². The lowest BCUT2D eigenvalue weighted by Crippen LogP contribution is -2.13. The molecule has 0 aromatic heterocycles. The van der Waals surface area contributed by atoms with Crippen LogP contribution in [0.1, 0.15) is 39.5 Å². The molecule has 1 rings (SSSR count). The van der Waals surface area contributed by atoms with Gasteiger partial charge in [-0.2, -0.15) is 0 Å². The van der Waals surface area contributed by atoms with Crippen LogP contribution in [0, 0.1) is 11.8 Å². The van der Waals surface area contributed by atoms with Crippen molar-refractivity contribution < 1.29 is 0 Å². The zero-order chi connectivity index (χ0) is 7.56. The zero-order valence-electron chi connectivity index (χ0n) is 7.19. The Bertz CT molecular complexity index is 112. The summed E-state index contributed by atoms with van der Waals surface area (Å²) < 4.78 is 0. The van der Waals surface area contributed by atoms with Crippen LogP contribution in [0.3, 0.4) is 0 Å². The minimum absolute atomic E-state index is 0.882. The van der Waals surface area contributed by atoms with E-state index in [0.717, 1.165) is 11.8 Å². The fourth-order valence-corrected chi connectivity index (χ4v) is 1.72. The molecular formula is C10H18. The average Bonchev–Trinajstić information content (AvgIpc) is 1.88. The summed E-state index contributed by atoms with van der Waals surface area (Å²) in [6.45, 7) is 8.67. The predicted molar refractivity (Wildman–Crippen MR) is 45.9 cm³/mol.